The lowest BCUT2D eigenvalue weighted by Gasteiger charge is -2.23. The van der Waals surface area contributed by atoms with Gasteiger partial charge in [-0.25, -0.2) is 0 Å². The zero-order valence-electron chi connectivity index (χ0n) is 8.04. The molecular formula is C9H17NO2. The minimum Gasteiger partial charge on any atom is -0.468 e. The van der Waals surface area contributed by atoms with Crippen molar-refractivity contribution in [3.63, 3.8) is 0 Å². The van der Waals surface area contributed by atoms with E-state index in [0.717, 1.165) is 0 Å². The summed E-state index contributed by atoms with van der Waals surface area (Å²) >= 11 is 0. The first kappa shape index (κ1) is 9.52. The molecule has 0 bridgehead atoms. The molecule has 1 aliphatic heterocycles. The summed E-state index contributed by atoms with van der Waals surface area (Å²) in [6, 6.07) is 1.05. The van der Waals surface area contributed by atoms with Crippen molar-refractivity contribution in [2.45, 2.75) is 38.8 Å². The highest BCUT2D eigenvalue weighted by molar-refractivity contribution is 5.71. The maximum Gasteiger partial charge on any atom is 0.319 e. The summed E-state index contributed by atoms with van der Waals surface area (Å²) in [5.74, 6) is -0.129. The number of carbonyl (C=O) groups is 1. The van der Waals surface area contributed by atoms with Gasteiger partial charge in [0.2, 0.25) is 0 Å². The minimum atomic E-state index is -0.129. The topological polar surface area (TPSA) is 29.5 Å². The van der Waals surface area contributed by atoms with E-state index in [1.165, 1.54) is 20.0 Å². The fourth-order valence-corrected chi connectivity index (χ4v) is 1.77. The third-order valence-corrected chi connectivity index (χ3v) is 2.67. The van der Waals surface area contributed by atoms with E-state index in [-0.39, 0.29) is 5.97 Å². The van der Waals surface area contributed by atoms with Crippen LogP contribution in [0.3, 0.4) is 0 Å². The van der Waals surface area contributed by atoms with Crippen LogP contribution in [0, 0.1) is 0 Å². The Hall–Kier alpha value is -0.570. The Morgan fingerprint density at radius 3 is 2.33 bits per heavy atom. The molecule has 0 unspecified atom stereocenters. The van der Waals surface area contributed by atoms with Gasteiger partial charge in [0.25, 0.3) is 0 Å². The van der Waals surface area contributed by atoms with Crippen molar-refractivity contribution in [1.29, 1.82) is 0 Å². The summed E-state index contributed by atoms with van der Waals surface area (Å²) in [7, 11) is 1.44. The van der Waals surface area contributed by atoms with Crippen LogP contribution in [0.4, 0.5) is 0 Å². The van der Waals surface area contributed by atoms with Crippen molar-refractivity contribution in [2.24, 2.45) is 0 Å². The molecule has 0 radical (unpaired) electrons. The molecule has 3 heteroatoms. The normalized spacial score (nSPS) is 30.6. The highest BCUT2D eigenvalue weighted by atomic mass is 16.5. The third kappa shape index (κ3) is 1.97. The zero-order chi connectivity index (χ0) is 9.14. The summed E-state index contributed by atoms with van der Waals surface area (Å²) in [6.07, 6.45) is 2.39. The second-order valence-corrected chi connectivity index (χ2v) is 3.52. The highest BCUT2D eigenvalue weighted by Crippen LogP contribution is 2.22. The molecule has 0 amide bonds. The molecule has 2 atom stereocenters. The smallest absolute Gasteiger partial charge is 0.319 e. The average molecular weight is 171 g/mol. The molecule has 70 valence electrons. The van der Waals surface area contributed by atoms with Crippen LogP contribution in [-0.2, 0) is 9.53 Å². The van der Waals surface area contributed by atoms with Crippen molar-refractivity contribution in [3.05, 3.63) is 0 Å². The van der Waals surface area contributed by atoms with Crippen molar-refractivity contribution in [1.82, 2.24) is 4.90 Å². The molecule has 1 aliphatic rings. The molecule has 0 aromatic carbocycles. The Balaban J connectivity index is 2.44. The van der Waals surface area contributed by atoms with Crippen LogP contribution in [0.2, 0.25) is 0 Å². The Kier molecular flexibility index (Phi) is 3.09. The van der Waals surface area contributed by atoms with Crippen molar-refractivity contribution < 1.29 is 9.53 Å². The predicted molar refractivity (Wildman–Crippen MR) is 46.9 cm³/mol. The van der Waals surface area contributed by atoms with Gasteiger partial charge in [-0.2, -0.15) is 0 Å². The van der Waals surface area contributed by atoms with Gasteiger partial charge in [-0.3, -0.25) is 9.69 Å². The molecule has 0 saturated carbocycles. The number of likely N-dealkylation sites (tertiary alicyclic amines) is 1. The fourth-order valence-electron chi connectivity index (χ4n) is 1.77. The van der Waals surface area contributed by atoms with Crippen LogP contribution in [0.1, 0.15) is 26.7 Å². The molecule has 0 aromatic heterocycles. The number of hydrogen-bond donors (Lipinski definition) is 0. The van der Waals surface area contributed by atoms with E-state index in [2.05, 4.69) is 23.5 Å². The van der Waals surface area contributed by atoms with Crippen LogP contribution in [0.5, 0.6) is 0 Å². The Labute approximate surface area is 73.7 Å². The maximum absolute atomic E-state index is 11.0. The fraction of sp³-hybridized carbons (Fsp3) is 0.889. The summed E-state index contributed by atoms with van der Waals surface area (Å²) < 4.78 is 4.63. The lowest BCUT2D eigenvalue weighted by molar-refractivity contribution is -0.142. The number of esters is 1. The van der Waals surface area contributed by atoms with Crippen molar-refractivity contribution in [2.75, 3.05) is 13.7 Å². The van der Waals surface area contributed by atoms with E-state index < -0.39 is 0 Å². The molecule has 1 fully saturated rings. The standard InChI is InChI=1S/C9H17NO2/c1-7-4-5-8(2)10(7)6-9(11)12-3/h7-8H,4-6H2,1-3H3/t7-,8-/m0/s1. The molecule has 12 heavy (non-hydrogen) atoms. The molecule has 1 saturated heterocycles. The van der Waals surface area contributed by atoms with Crippen LogP contribution in [-0.4, -0.2) is 36.6 Å². The van der Waals surface area contributed by atoms with Gasteiger partial charge < -0.3 is 4.74 Å². The number of ether oxygens (including phenoxy) is 1. The van der Waals surface area contributed by atoms with Gasteiger partial charge >= 0.3 is 5.97 Å². The minimum absolute atomic E-state index is 0.129. The van der Waals surface area contributed by atoms with Gasteiger partial charge in [0.05, 0.1) is 13.7 Å². The van der Waals surface area contributed by atoms with Gasteiger partial charge in [0.1, 0.15) is 0 Å². The van der Waals surface area contributed by atoms with Crippen LogP contribution in [0.25, 0.3) is 0 Å². The second kappa shape index (κ2) is 3.90. The van der Waals surface area contributed by atoms with E-state index in [0.29, 0.717) is 18.6 Å². The lowest BCUT2D eigenvalue weighted by atomic mass is 10.2. The van der Waals surface area contributed by atoms with Crippen molar-refractivity contribution >= 4 is 5.97 Å². The monoisotopic (exact) mass is 171 g/mol. The van der Waals surface area contributed by atoms with Crippen molar-refractivity contribution in [3.8, 4) is 0 Å². The molecule has 0 spiro atoms. The van der Waals surface area contributed by atoms with E-state index in [4.69, 9.17) is 0 Å². The second-order valence-electron chi connectivity index (χ2n) is 3.52. The Morgan fingerprint density at radius 1 is 1.42 bits per heavy atom. The summed E-state index contributed by atoms with van der Waals surface area (Å²) in [4.78, 5) is 13.2. The maximum atomic E-state index is 11.0. The molecule has 0 N–H and O–H groups in total. The molecule has 3 nitrogen and oxygen atoms in total. The predicted octanol–water partition coefficient (Wildman–Crippen LogP) is 1.03. The van der Waals surface area contributed by atoms with Crippen LogP contribution < -0.4 is 0 Å². The van der Waals surface area contributed by atoms with Gasteiger partial charge in [-0.1, -0.05) is 0 Å². The Bertz CT molecular complexity index is 160. The molecular weight excluding hydrogens is 154 g/mol. The third-order valence-electron chi connectivity index (χ3n) is 2.67. The molecule has 0 aliphatic carbocycles. The lowest BCUT2D eigenvalue weighted by Crippen LogP contribution is -2.37. The Morgan fingerprint density at radius 2 is 1.92 bits per heavy atom. The average Bonchev–Trinajstić information content (AvgIpc) is 2.35. The number of methoxy groups -OCH3 is 1. The molecule has 0 aromatic rings. The largest absolute Gasteiger partial charge is 0.468 e. The number of carbonyl (C=O) groups excluding carboxylic acids is 1. The first-order valence-corrected chi connectivity index (χ1v) is 4.47. The van der Waals surface area contributed by atoms with E-state index >= 15 is 0 Å². The summed E-state index contributed by atoms with van der Waals surface area (Å²) in [5.41, 5.74) is 0. The van der Waals surface area contributed by atoms with Gasteiger partial charge in [-0.15, -0.1) is 0 Å². The molecule has 1 rings (SSSR count). The first-order valence-electron chi connectivity index (χ1n) is 4.47. The van der Waals surface area contributed by atoms with Crippen LogP contribution >= 0.6 is 0 Å². The number of hydrogen-bond acceptors (Lipinski definition) is 3. The van der Waals surface area contributed by atoms with Crippen LogP contribution in [0.15, 0.2) is 0 Å². The summed E-state index contributed by atoms with van der Waals surface area (Å²) in [5, 5.41) is 0. The SMILES string of the molecule is COC(=O)CN1[C@@H](C)CC[C@@H]1C. The first-order chi connectivity index (χ1) is 5.65. The molecule has 1 heterocycles. The van der Waals surface area contributed by atoms with Gasteiger partial charge in [0.15, 0.2) is 0 Å². The highest BCUT2D eigenvalue weighted by Gasteiger charge is 2.28. The van der Waals surface area contributed by atoms with E-state index in [1.54, 1.807) is 0 Å². The summed E-state index contributed by atoms with van der Waals surface area (Å²) in [6.45, 7) is 4.76. The quantitative estimate of drug-likeness (QED) is 0.581. The van der Waals surface area contributed by atoms with E-state index in [9.17, 15) is 4.79 Å². The van der Waals surface area contributed by atoms with Gasteiger partial charge in [0, 0.05) is 12.1 Å². The van der Waals surface area contributed by atoms with E-state index in [1.807, 2.05) is 0 Å². The number of rotatable bonds is 2. The van der Waals surface area contributed by atoms with Gasteiger partial charge in [-0.05, 0) is 26.7 Å². The number of nitrogens with zero attached hydrogens (tertiary/aromatic N) is 1. The zero-order valence-corrected chi connectivity index (χ0v) is 8.04.